The number of aliphatic carboxylic acids is 1. The summed E-state index contributed by atoms with van der Waals surface area (Å²) >= 11 is 5.99. The molecule has 2 aromatic carbocycles. The van der Waals surface area contributed by atoms with Crippen LogP contribution in [0.25, 0.3) is 0 Å². The number of Topliss-reactive ketones (excluding diaryl/α,β-unsaturated/α-hetero) is 1. The monoisotopic (exact) mass is 440 g/mol. The zero-order chi connectivity index (χ0) is 22.1. The molecule has 2 unspecified atom stereocenters. The number of piperidine rings is 1. The Hall–Kier alpha value is -2.21. The Morgan fingerprint density at radius 2 is 1.71 bits per heavy atom. The highest BCUT2D eigenvalue weighted by molar-refractivity contribution is 6.30. The minimum atomic E-state index is -0.800. The van der Waals surface area contributed by atoms with Crippen LogP contribution in [0, 0.1) is 5.92 Å². The molecule has 2 atom stereocenters. The number of rotatable bonds is 8. The number of benzene rings is 2. The van der Waals surface area contributed by atoms with Crippen LogP contribution in [0.15, 0.2) is 54.6 Å². The standard InChI is InChI=1S/C25H29ClN2O3/c1-18(29)16-27-24(19-5-3-2-4-6-19)11-13-28(14-12-24)17-21-15-25(21,23(30)31)20-7-9-22(26)10-8-20/h2-10,21,27H,11-17H2,1H3,(H,30,31). The summed E-state index contributed by atoms with van der Waals surface area (Å²) in [5.41, 5.74) is 1.04. The molecule has 1 aliphatic carbocycles. The molecule has 1 aliphatic heterocycles. The van der Waals surface area contributed by atoms with E-state index in [2.05, 4.69) is 22.3 Å². The third-order valence-electron chi connectivity index (χ3n) is 7.04. The molecule has 31 heavy (non-hydrogen) atoms. The van der Waals surface area contributed by atoms with Crippen molar-refractivity contribution >= 4 is 23.4 Å². The highest BCUT2D eigenvalue weighted by Crippen LogP contribution is 2.55. The smallest absolute Gasteiger partial charge is 0.314 e. The minimum Gasteiger partial charge on any atom is -0.481 e. The normalized spacial score (nSPS) is 25.2. The van der Waals surface area contributed by atoms with Gasteiger partial charge in [0.1, 0.15) is 5.78 Å². The van der Waals surface area contributed by atoms with E-state index in [0.717, 1.165) is 38.0 Å². The lowest BCUT2D eigenvalue weighted by molar-refractivity contribution is -0.140. The maximum atomic E-state index is 12.2. The van der Waals surface area contributed by atoms with E-state index in [4.69, 9.17) is 11.6 Å². The predicted molar refractivity (Wildman–Crippen MR) is 121 cm³/mol. The fourth-order valence-corrected chi connectivity index (χ4v) is 5.21. The number of carboxylic acid groups (broad SMARTS) is 1. The first-order valence-corrected chi connectivity index (χ1v) is 11.3. The molecule has 2 aliphatic rings. The molecule has 0 amide bonds. The first-order chi connectivity index (χ1) is 14.9. The quantitative estimate of drug-likeness (QED) is 0.652. The van der Waals surface area contributed by atoms with Gasteiger partial charge in [-0.1, -0.05) is 54.1 Å². The van der Waals surface area contributed by atoms with Crippen LogP contribution in [0.3, 0.4) is 0 Å². The summed E-state index contributed by atoms with van der Waals surface area (Å²) in [4.78, 5) is 26.2. The maximum Gasteiger partial charge on any atom is 0.314 e. The lowest BCUT2D eigenvalue weighted by atomic mass is 9.80. The van der Waals surface area contributed by atoms with E-state index in [1.165, 1.54) is 5.56 Å². The van der Waals surface area contributed by atoms with Crippen LogP contribution >= 0.6 is 11.6 Å². The number of carbonyl (C=O) groups is 2. The van der Waals surface area contributed by atoms with Gasteiger partial charge in [0, 0.05) is 30.2 Å². The van der Waals surface area contributed by atoms with Crippen LogP contribution in [0.1, 0.15) is 37.3 Å². The third kappa shape index (κ3) is 4.40. The van der Waals surface area contributed by atoms with Crippen LogP contribution in [-0.2, 0) is 20.5 Å². The molecular formula is C25H29ClN2O3. The van der Waals surface area contributed by atoms with Crippen LogP contribution in [0.4, 0.5) is 0 Å². The SMILES string of the molecule is CC(=O)CNC1(c2ccccc2)CCN(CC2CC2(C(=O)O)c2ccc(Cl)cc2)CC1. The highest BCUT2D eigenvalue weighted by atomic mass is 35.5. The zero-order valence-corrected chi connectivity index (χ0v) is 18.6. The summed E-state index contributed by atoms with van der Waals surface area (Å²) in [5.74, 6) is -0.524. The summed E-state index contributed by atoms with van der Waals surface area (Å²) < 4.78 is 0. The Kier molecular flexibility index (Phi) is 6.20. The van der Waals surface area contributed by atoms with Gasteiger partial charge in [-0.15, -0.1) is 0 Å². The van der Waals surface area contributed by atoms with Crippen molar-refractivity contribution in [2.24, 2.45) is 5.92 Å². The van der Waals surface area contributed by atoms with Gasteiger partial charge < -0.3 is 15.3 Å². The number of hydrogen-bond acceptors (Lipinski definition) is 4. The first-order valence-electron chi connectivity index (χ1n) is 10.9. The van der Waals surface area contributed by atoms with Crippen molar-refractivity contribution < 1.29 is 14.7 Å². The molecular weight excluding hydrogens is 412 g/mol. The molecule has 2 fully saturated rings. The molecule has 0 aromatic heterocycles. The number of hydrogen-bond donors (Lipinski definition) is 2. The molecule has 0 bridgehead atoms. The molecule has 6 heteroatoms. The minimum absolute atomic E-state index is 0.0978. The largest absolute Gasteiger partial charge is 0.481 e. The summed E-state index contributed by atoms with van der Waals surface area (Å²) in [7, 11) is 0. The Morgan fingerprint density at radius 3 is 2.29 bits per heavy atom. The number of nitrogens with one attached hydrogen (secondary N) is 1. The number of carboxylic acids is 1. The zero-order valence-electron chi connectivity index (χ0n) is 17.8. The number of carbonyl (C=O) groups excluding carboxylic acids is 1. The lowest BCUT2D eigenvalue weighted by Crippen LogP contribution is -2.52. The number of halogens is 1. The molecule has 2 aromatic rings. The van der Waals surface area contributed by atoms with Gasteiger partial charge in [-0.25, -0.2) is 0 Å². The van der Waals surface area contributed by atoms with Crippen LogP contribution in [0.2, 0.25) is 5.02 Å². The molecule has 0 radical (unpaired) electrons. The molecule has 4 rings (SSSR count). The van der Waals surface area contributed by atoms with Crippen molar-refractivity contribution in [2.75, 3.05) is 26.2 Å². The predicted octanol–water partition coefficient (Wildman–Crippen LogP) is 3.85. The average Bonchev–Trinajstić information content (AvgIpc) is 3.49. The number of ketones is 1. The maximum absolute atomic E-state index is 12.2. The Morgan fingerprint density at radius 1 is 1.06 bits per heavy atom. The van der Waals surface area contributed by atoms with Gasteiger partial charge in [0.05, 0.1) is 12.0 Å². The van der Waals surface area contributed by atoms with E-state index in [0.29, 0.717) is 18.0 Å². The summed E-state index contributed by atoms with van der Waals surface area (Å²) in [6.45, 7) is 4.47. The van der Waals surface area contributed by atoms with Gasteiger partial charge in [0.2, 0.25) is 0 Å². The molecule has 164 valence electrons. The molecule has 1 heterocycles. The van der Waals surface area contributed by atoms with E-state index >= 15 is 0 Å². The van der Waals surface area contributed by atoms with E-state index in [-0.39, 0.29) is 17.2 Å². The van der Waals surface area contributed by atoms with Gasteiger partial charge >= 0.3 is 5.97 Å². The topological polar surface area (TPSA) is 69.6 Å². The van der Waals surface area contributed by atoms with Gasteiger partial charge in [-0.05, 0) is 55.4 Å². The average molecular weight is 441 g/mol. The van der Waals surface area contributed by atoms with Crippen molar-refractivity contribution in [3.8, 4) is 0 Å². The summed E-state index contributed by atoms with van der Waals surface area (Å²) in [6.07, 6.45) is 2.43. The molecule has 1 saturated heterocycles. The van der Waals surface area contributed by atoms with Gasteiger partial charge in [0.25, 0.3) is 0 Å². The molecule has 1 saturated carbocycles. The van der Waals surface area contributed by atoms with Crippen molar-refractivity contribution in [1.29, 1.82) is 0 Å². The lowest BCUT2D eigenvalue weighted by Gasteiger charge is -2.43. The van der Waals surface area contributed by atoms with E-state index in [1.807, 2.05) is 30.3 Å². The van der Waals surface area contributed by atoms with Gasteiger partial charge in [-0.2, -0.15) is 0 Å². The Bertz CT molecular complexity index is 939. The fraction of sp³-hybridized carbons (Fsp3) is 0.440. The Labute approximate surface area is 188 Å². The van der Waals surface area contributed by atoms with E-state index in [9.17, 15) is 14.7 Å². The van der Waals surface area contributed by atoms with Gasteiger partial charge in [0.15, 0.2) is 0 Å². The number of likely N-dealkylation sites (tertiary alicyclic amines) is 1. The van der Waals surface area contributed by atoms with Crippen molar-refractivity contribution in [3.05, 3.63) is 70.7 Å². The van der Waals surface area contributed by atoms with E-state index in [1.54, 1.807) is 19.1 Å². The van der Waals surface area contributed by atoms with Gasteiger partial charge in [-0.3, -0.25) is 9.59 Å². The van der Waals surface area contributed by atoms with Crippen LogP contribution in [0.5, 0.6) is 0 Å². The Balaban J connectivity index is 1.44. The van der Waals surface area contributed by atoms with E-state index < -0.39 is 11.4 Å². The van der Waals surface area contributed by atoms with Crippen molar-refractivity contribution in [3.63, 3.8) is 0 Å². The van der Waals surface area contributed by atoms with Crippen molar-refractivity contribution in [2.45, 2.75) is 37.1 Å². The van der Waals surface area contributed by atoms with Crippen LogP contribution < -0.4 is 5.32 Å². The third-order valence-corrected chi connectivity index (χ3v) is 7.29. The fourth-order valence-electron chi connectivity index (χ4n) is 5.08. The van der Waals surface area contributed by atoms with Crippen LogP contribution in [-0.4, -0.2) is 47.9 Å². The second-order valence-corrected chi connectivity index (χ2v) is 9.43. The summed E-state index contributed by atoms with van der Waals surface area (Å²) in [6, 6.07) is 17.6. The van der Waals surface area contributed by atoms with Crippen molar-refractivity contribution in [1.82, 2.24) is 10.2 Å². The first kappa shape index (κ1) is 22.0. The summed E-state index contributed by atoms with van der Waals surface area (Å²) in [5, 5.41) is 14.1. The molecule has 2 N–H and O–H groups in total. The highest BCUT2D eigenvalue weighted by Gasteiger charge is 2.61. The molecule has 0 spiro atoms. The number of nitrogens with zero attached hydrogens (tertiary/aromatic N) is 1. The second-order valence-electron chi connectivity index (χ2n) is 8.99. The molecule has 5 nitrogen and oxygen atoms in total. The second kappa shape index (κ2) is 8.73.